The number of carbonyl (C=O) groups is 1. The fourth-order valence-electron chi connectivity index (χ4n) is 0. The third-order valence-electron chi connectivity index (χ3n) is 0. The highest BCUT2D eigenvalue weighted by Gasteiger charge is 1.65. The average molecular weight is 90.1 g/mol. The number of aliphatic carboxylic acids is 1. The smallest absolute Gasteiger partial charge is 0.300 e. The topological polar surface area (TPSA) is 37.3 Å². The van der Waals surface area contributed by atoms with Gasteiger partial charge in [-0.15, -0.1) is 0 Å². The minimum absolute atomic E-state index is 0. The summed E-state index contributed by atoms with van der Waals surface area (Å²) in [6.07, 6.45) is 0. The molecule has 0 aromatic rings. The molecule has 0 rings (SSSR count). The molecule has 0 spiro atoms. The van der Waals surface area contributed by atoms with Crippen LogP contribution in [0.15, 0.2) is 0 Å². The van der Waals surface area contributed by atoms with Crippen LogP contribution in [0.1, 0.15) is 6.92 Å². The Balaban J connectivity index is 0. The van der Waals surface area contributed by atoms with Gasteiger partial charge in [-0.2, -0.15) is 0 Å². The highest BCUT2D eigenvalue weighted by atomic mass is 27.0. The van der Waals surface area contributed by atoms with E-state index in [1.165, 1.54) is 0 Å². The molecule has 0 amide bonds. The van der Waals surface area contributed by atoms with Crippen LogP contribution < -0.4 is 0 Å². The Labute approximate surface area is 40.9 Å². The average Bonchev–Trinajstić information content (AvgIpc) is 0.811. The molecular formula is C2H7AlO2. The first-order chi connectivity index (χ1) is 1.73. The van der Waals surface area contributed by atoms with Crippen LogP contribution in [0.25, 0.3) is 0 Å². The Morgan fingerprint density at radius 2 is 1.80 bits per heavy atom. The molecule has 0 unspecified atom stereocenters. The Kier molecular flexibility index (Phi) is 7.12. The zero-order valence-corrected chi connectivity index (χ0v) is 2.36. The van der Waals surface area contributed by atoms with Gasteiger partial charge in [-0.3, -0.25) is 4.79 Å². The zero-order valence-electron chi connectivity index (χ0n) is 2.36. The van der Waals surface area contributed by atoms with Gasteiger partial charge in [-0.05, 0) is 0 Å². The lowest BCUT2D eigenvalue weighted by Crippen LogP contribution is -1.78. The lowest BCUT2D eigenvalue weighted by molar-refractivity contribution is -0.134. The van der Waals surface area contributed by atoms with Crippen LogP contribution in [-0.4, -0.2) is 28.4 Å². The molecule has 0 saturated carbocycles. The molecule has 0 aliphatic rings. The van der Waals surface area contributed by atoms with E-state index in [1.54, 1.807) is 0 Å². The van der Waals surface area contributed by atoms with E-state index in [4.69, 9.17) is 9.90 Å². The summed E-state index contributed by atoms with van der Waals surface area (Å²) in [6, 6.07) is 0. The van der Waals surface area contributed by atoms with Crippen molar-refractivity contribution in [3.05, 3.63) is 0 Å². The van der Waals surface area contributed by atoms with Crippen LogP contribution in [0.4, 0.5) is 0 Å². The van der Waals surface area contributed by atoms with Crippen molar-refractivity contribution >= 4 is 23.3 Å². The predicted molar refractivity (Wildman–Crippen MR) is 23.2 cm³/mol. The normalized spacial score (nSPS) is 5.00. The van der Waals surface area contributed by atoms with E-state index < -0.39 is 5.97 Å². The molecule has 3 heteroatoms. The molecule has 0 bridgehead atoms. The molecule has 0 aromatic heterocycles. The minimum Gasteiger partial charge on any atom is -0.481 e. The van der Waals surface area contributed by atoms with E-state index in [-0.39, 0.29) is 17.4 Å². The number of carboxylic acids is 1. The molecule has 0 aromatic carbocycles. The van der Waals surface area contributed by atoms with E-state index in [1.807, 2.05) is 0 Å². The third-order valence-corrected chi connectivity index (χ3v) is 0. The van der Waals surface area contributed by atoms with Crippen molar-refractivity contribution in [1.82, 2.24) is 0 Å². The summed E-state index contributed by atoms with van der Waals surface area (Å²) in [7, 11) is 0. The molecule has 0 aliphatic carbocycles. The largest absolute Gasteiger partial charge is 0.481 e. The van der Waals surface area contributed by atoms with Crippen molar-refractivity contribution in [3.8, 4) is 0 Å². The van der Waals surface area contributed by atoms with Crippen LogP contribution in [0.2, 0.25) is 0 Å². The summed E-state index contributed by atoms with van der Waals surface area (Å²) in [6.45, 7) is 1.08. The van der Waals surface area contributed by atoms with Crippen LogP contribution in [0, 0.1) is 0 Å². The van der Waals surface area contributed by atoms with Gasteiger partial charge in [-0.25, -0.2) is 0 Å². The van der Waals surface area contributed by atoms with Gasteiger partial charge in [0, 0.05) is 6.92 Å². The summed E-state index contributed by atoms with van der Waals surface area (Å²) in [5, 5.41) is 7.42. The van der Waals surface area contributed by atoms with E-state index >= 15 is 0 Å². The Morgan fingerprint density at radius 3 is 1.80 bits per heavy atom. The minimum atomic E-state index is -0.833. The summed E-state index contributed by atoms with van der Waals surface area (Å²) < 4.78 is 0. The summed E-state index contributed by atoms with van der Waals surface area (Å²) >= 11 is 0. The molecular weight excluding hydrogens is 83.0 g/mol. The number of hydrogen-bond acceptors (Lipinski definition) is 1. The van der Waals surface area contributed by atoms with Crippen LogP contribution in [-0.2, 0) is 4.79 Å². The highest BCUT2D eigenvalue weighted by Crippen LogP contribution is 1.42. The molecule has 0 fully saturated rings. The second-order valence-electron chi connectivity index (χ2n) is 0.519. The second-order valence-corrected chi connectivity index (χ2v) is 0.519. The van der Waals surface area contributed by atoms with Crippen molar-refractivity contribution in [3.63, 3.8) is 0 Å². The second kappa shape index (κ2) is 4.00. The first kappa shape index (κ1) is 8.89. The lowest BCUT2D eigenvalue weighted by Gasteiger charge is -1.59. The molecule has 1 N–H and O–H groups in total. The Hall–Kier alpha value is 0.00247. The van der Waals surface area contributed by atoms with Gasteiger partial charge in [0.2, 0.25) is 0 Å². The maximum absolute atomic E-state index is 9.00. The molecule has 0 saturated heterocycles. The summed E-state index contributed by atoms with van der Waals surface area (Å²) in [4.78, 5) is 9.00. The van der Waals surface area contributed by atoms with E-state index in [0.29, 0.717) is 0 Å². The van der Waals surface area contributed by atoms with Gasteiger partial charge < -0.3 is 5.11 Å². The number of hydrogen-bond donors (Lipinski definition) is 1. The van der Waals surface area contributed by atoms with Crippen molar-refractivity contribution in [2.45, 2.75) is 6.92 Å². The van der Waals surface area contributed by atoms with E-state index in [0.717, 1.165) is 6.92 Å². The fraction of sp³-hybridized carbons (Fsp3) is 0.500. The maximum atomic E-state index is 9.00. The van der Waals surface area contributed by atoms with Gasteiger partial charge >= 0.3 is 0 Å². The van der Waals surface area contributed by atoms with Crippen molar-refractivity contribution < 1.29 is 9.90 Å². The van der Waals surface area contributed by atoms with Gasteiger partial charge in [0.15, 0.2) is 17.4 Å². The molecule has 0 aliphatic heterocycles. The van der Waals surface area contributed by atoms with Crippen molar-refractivity contribution in [1.29, 1.82) is 0 Å². The zero-order chi connectivity index (χ0) is 3.58. The number of carboxylic acid groups (broad SMARTS) is 1. The predicted octanol–water partition coefficient (Wildman–Crippen LogP) is -1.09. The quantitative estimate of drug-likeness (QED) is 0.383. The maximum Gasteiger partial charge on any atom is 0.300 e. The van der Waals surface area contributed by atoms with Gasteiger partial charge in [0.25, 0.3) is 5.97 Å². The highest BCUT2D eigenvalue weighted by molar-refractivity contribution is 5.75. The summed E-state index contributed by atoms with van der Waals surface area (Å²) in [5.41, 5.74) is 0. The molecule has 0 heterocycles. The summed E-state index contributed by atoms with van der Waals surface area (Å²) in [5.74, 6) is -0.833. The molecule has 5 heavy (non-hydrogen) atoms. The standard InChI is InChI=1S/C2H4O2.Al.3H/c1-2(3)4;;;;/h1H3,(H,3,4);;;;. The van der Waals surface area contributed by atoms with Crippen LogP contribution >= 0.6 is 0 Å². The van der Waals surface area contributed by atoms with Crippen molar-refractivity contribution in [2.24, 2.45) is 0 Å². The lowest BCUT2D eigenvalue weighted by atomic mass is 10.9. The molecule has 0 atom stereocenters. The molecule has 2 nitrogen and oxygen atoms in total. The van der Waals surface area contributed by atoms with E-state index in [2.05, 4.69) is 0 Å². The van der Waals surface area contributed by atoms with Crippen molar-refractivity contribution in [2.75, 3.05) is 0 Å². The Bertz CT molecular complexity index is 30.6. The molecule has 30 valence electrons. The van der Waals surface area contributed by atoms with Gasteiger partial charge in [0.1, 0.15) is 0 Å². The first-order valence-electron chi connectivity index (χ1n) is 0.928. The number of rotatable bonds is 0. The third kappa shape index (κ3) is 2640000. The van der Waals surface area contributed by atoms with Crippen LogP contribution in [0.3, 0.4) is 0 Å². The SMILES string of the molecule is CC(=O)O.[AlH3]. The molecule has 0 radical (unpaired) electrons. The fourth-order valence-corrected chi connectivity index (χ4v) is 0. The van der Waals surface area contributed by atoms with Gasteiger partial charge in [-0.1, -0.05) is 0 Å². The monoisotopic (exact) mass is 90.0 g/mol. The van der Waals surface area contributed by atoms with E-state index in [9.17, 15) is 0 Å². The first-order valence-corrected chi connectivity index (χ1v) is 0.928. The Morgan fingerprint density at radius 1 is 1.80 bits per heavy atom. The van der Waals surface area contributed by atoms with Crippen LogP contribution in [0.5, 0.6) is 0 Å². The van der Waals surface area contributed by atoms with Gasteiger partial charge in [0.05, 0.1) is 0 Å².